The highest BCUT2D eigenvalue weighted by atomic mass is 32.1. The highest BCUT2D eigenvalue weighted by Crippen LogP contribution is 2.17. The van der Waals surface area contributed by atoms with Crippen LogP contribution in [0.5, 0.6) is 5.75 Å². The molecule has 8 heteroatoms. The van der Waals surface area contributed by atoms with Gasteiger partial charge in [0.05, 0.1) is 12.1 Å². The van der Waals surface area contributed by atoms with Crippen molar-refractivity contribution in [1.82, 2.24) is 10.3 Å². The second kappa shape index (κ2) is 14.9. The maximum atomic E-state index is 12.5. The molecule has 0 bridgehead atoms. The summed E-state index contributed by atoms with van der Waals surface area (Å²) in [5, 5.41) is 22.4. The van der Waals surface area contributed by atoms with Crippen molar-refractivity contribution in [2.24, 2.45) is 0 Å². The van der Waals surface area contributed by atoms with E-state index in [1.165, 1.54) is 16.9 Å². The number of aliphatic hydroxyl groups is 1. The molecule has 3 aromatic carbocycles. The summed E-state index contributed by atoms with van der Waals surface area (Å²) >= 11 is 1.52. The fourth-order valence-electron chi connectivity index (χ4n) is 3.82. The molecule has 7 nitrogen and oxygen atoms in total. The summed E-state index contributed by atoms with van der Waals surface area (Å²) in [5.41, 5.74) is 3.95. The van der Waals surface area contributed by atoms with E-state index in [1.54, 1.807) is 0 Å². The fourth-order valence-corrected chi connectivity index (χ4v) is 4.56. The first-order valence-corrected chi connectivity index (χ1v) is 13.7. The van der Waals surface area contributed by atoms with Gasteiger partial charge in [-0.25, -0.2) is 4.98 Å². The van der Waals surface area contributed by atoms with E-state index in [0.29, 0.717) is 6.54 Å². The molecular weight excluding hydrogens is 496 g/mol. The number of rotatable bonds is 15. The molecule has 1 amide bonds. The van der Waals surface area contributed by atoms with Gasteiger partial charge in [-0.05, 0) is 54.8 Å². The first-order chi connectivity index (χ1) is 18.6. The largest absolute Gasteiger partial charge is 0.491 e. The van der Waals surface area contributed by atoms with Crippen LogP contribution in [0.25, 0.3) is 0 Å². The van der Waals surface area contributed by atoms with Crippen LogP contribution >= 0.6 is 11.3 Å². The number of carbonyl (C=O) groups excluding carboxylic acids is 1. The second-order valence-electron chi connectivity index (χ2n) is 8.96. The lowest BCUT2D eigenvalue weighted by Crippen LogP contribution is -2.32. The number of nitrogens with zero attached hydrogens (tertiary/aromatic N) is 1. The zero-order valence-corrected chi connectivity index (χ0v) is 22.1. The van der Waals surface area contributed by atoms with Gasteiger partial charge in [0.15, 0.2) is 5.13 Å². The Morgan fingerprint density at radius 3 is 2.34 bits per heavy atom. The third kappa shape index (κ3) is 9.63. The van der Waals surface area contributed by atoms with E-state index < -0.39 is 6.10 Å². The number of hydrogen-bond acceptors (Lipinski definition) is 7. The van der Waals surface area contributed by atoms with Crippen molar-refractivity contribution >= 4 is 28.1 Å². The van der Waals surface area contributed by atoms with E-state index in [9.17, 15) is 9.90 Å². The molecule has 1 heterocycles. The van der Waals surface area contributed by atoms with Crippen LogP contribution in [0.1, 0.15) is 16.8 Å². The molecule has 0 aliphatic carbocycles. The van der Waals surface area contributed by atoms with E-state index in [2.05, 4.69) is 33.1 Å². The summed E-state index contributed by atoms with van der Waals surface area (Å²) in [5.74, 6) is 0.661. The summed E-state index contributed by atoms with van der Waals surface area (Å²) in [4.78, 5) is 17.0. The van der Waals surface area contributed by atoms with Crippen LogP contribution in [0.2, 0.25) is 0 Å². The number of nitrogens with one attached hydrogen (secondary N) is 3. The number of carbonyl (C=O) groups is 1. The number of anilines is 2. The average Bonchev–Trinajstić information content (AvgIpc) is 3.38. The molecule has 1 atom stereocenters. The summed E-state index contributed by atoms with van der Waals surface area (Å²) in [6.07, 6.45) is 1.40. The number of aliphatic hydroxyl groups excluding tert-OH is 1. The summed E-state index contributed by atoms with van der Waals surface area (Å²) in [7, 11) is 0. The molecule has 0 unspecified atom stereocenters. The van der Waals surface area contributed by atoms with Gasteiger partial charge in [-0.3, -0.25) is 4.79 Å². The molecule has 0 saturated heterocycles. The molecule has 4 aromatic rings. The molecule has 4 rings (SSSR count). The number of ether oxygens (including phenoxy) is 1. The molecule has 38 heavy (non-hydrogen) atoms. The van der Waals surface area contributed by atoms with Crippen LogP contribution in [-0.4, -0.2) is 48.3 Å². The Labute approximate surface area is 227 Å². The number of aromatic nitrogens is 1. The molecule has 0 radical (unpaired) electrons. The normalized spacial score (nSPS) is 11.6. The SMILES string of the molecule is O=C(Cc1csc(NCCc2ccccc2)n1)Nc1ccc(CCNC[C@H](O)COc2ccccc2)cc1. The Bertz CT molecular complexity index is 1230. The Kier molecular flexibility index (Phi) is 10.7. The average molecular weight is 531 g/mol. The van der Waals surface area contributed by atoms with Gasteiger partial charge in [0.2, 0.25) is 5.91 Å². The van der Waals surface area contributed by atoms with Crippen LogP contribution in [0.4, 0.5) is 10.8 Å². The maximum Gasteiger partial charge on any atom is 0.230 e. The third-order valence-corrected chi connectivity index (χ3v) is 6.67. The predicted molar refractivity (Wildman–Crippen MR) is 154 cm³/mol. The molecule has 0 spiro atoms. The van der Waals surface area contributed by atoms with Gasteiger partial charge < -0.3 is 25.8 Å². The molecule has 198 valence electrons. The van der Waals surface area contributed by atoms with Gasteiger partial charge in [-0.1, -0.05) is 60.7 Å². The Balaban J connectivity index is 1.10. The number of benzene rings is 3. The van der Waals surface area contributed by atoms with Crippen LogP contribution < -0.4 is 20.7 Å². The number of hydrogen-bond donors (Lipinski definition) is 4. The smallest absolute Gasteiger partial charge is 0.230 e. The Hall–Kier alpha value is -3.72. The maximum absolute atomic E-state index is 12.5. The predicted octanol–water partition coefficient (Wildman–Crippen LogP) is 4.55. The highest BCUT2D eigenvalue weighted by Gasteiger charge is 2.09. The zero-order valence-electron chi connectivity index (χ0n) is 21.3. The minimum Gasteiger partial charge on any atom is -0.491 e. The van der Waals surface area contributed by atoms with E-state index in [0.717, 1.165) is 53.8 Å². The van der Waals surface area contributed by atoms with Gasteiger partial charge in [-0.2, -0.15) is 0 Å². The van der Waals surface area contributed by atoms with Gasteiger partial charge in [0, 0.05) is 24.2 Å². The Morgan fingerprint density at radius 2 is 1.58 bits per heavy atom. The number of thiazole rings is 1. The quantitative estimate of drug-likeness (QED) is 0.169. The van der Waals surface area contributed by atoms with E-state index in [-0.39, 0.29) is 18.9 Å². The minimum absolute atomic E-state index is 0.0905. The molecule has 0 fully saturated rings. The minimum atomic E-state index is -0.577. The molecule has 1 aromatic heterocycles. The van der Waals surface area contributed by atoms with E-state index >= 15 is 0 Å². The van der Waals surface area contributed by atoms with Crippen molar-refractivity contribution in [3.05, 3.63) is 107 Å². The fraction of sp³-hybridized carbons (Fsp3) is 0.267. The van der Waals surface area contributed by atoms with Crippen LogP contribution in [-0.2, 0) is 24.1 Å². The summed E-state index contributed by atoms with van der Waals surface area (Å²) < 4.78 is 5.57. The van der Waals surface area contributed by atoms with Crippen LogP contribution in [0.3, 0.4) is 0 Å². The molecule has 4 N–H and O–H groups in total. The van der Waals surface area contributed by atoms with Gasteiger partial charge in [0.1, 0.15) is 18.5 Å². The van der Waals surface area contributed by atoms with Crippen molar-refractivity contribution in [3.63, 3.8) is 0 Å². The van der Waals surface area contributed by atoms with Crippen LogP contribution in [0, 0.1) is 0 Å². The summed E-state index contributed by atoms with van der Waals surface area (Å²) in [6.45, 7) is 2.24. The van der Waals surface area contributed by atoms with E-state index in [4.69, 9.17) is 4.74 Å². The monoisotopic (exact) mass is 530 g/mol. The van der Waals surface area contributed by atoms with Crippen molar-refractivity contribution < 1.29 is 14.6 Å². The van der Waals surface area contributed by atoms with Crippen molar-refractivity contribution in [2.75, 3.05) is 36.9 Å². The lowest BCUT2D eigenvalue weighted by Gasteiger charge is -2.13. The summed E-state index contributed by atoms with van der Waals surface area (Å²) in [6, 6.07) is 27.6. The number of amides is 1. The molecule has 0 saturated carbocycles. The van der Waals surface area contributed by atoms with Crippen molar-refractivity contribution in [3.8, 4) is 5.75 Å². The standard InChI is InChI=1S/C30H34N4O3S/c35-27(21-37-28-9-5-2-6-10-28)20-31-17-15-24-11-13-25(14-12-24)33-29(36)19-26-22-38-30(34-26)32-18-16-23-7-3-1-4-8-23/h1-14,22,27,31,35H,15-21H2,(H,32,34)(H,33,36)/t27-/m0/s1. The number of para-hydroxylation sites is 1. The van der Waals surface area contributed by atoms with Crippen LogP contribution in [0.15, 0.2) is 90.3 Å². The Morgan fingerprint density at radius 1 is 0.895 bits per heavy atom. The van der Waals surface area contributed by atoms with E-state index in [1.807, 2.05) is 78.2 Å². The zero-order chi connectivity index (χ0) is 26.4. The van der Waals surface area contributed by atoms with Gasteiger partial charge >= 0.3 is 0 Å². The molecule has 0 aliphatic rings. The molecular formula is C30H34N4O3S. The van der Waals surface area contributed by atoms with Gasteiger partial charge in [-0.15, -0.1) is 11.3 Å². The first kappa shape index (κ1) is 27.3. The topological polar surface area (TPSA) is 95.5 Å². The first-order valence-electron chi connectivity index (χ1n) is 12.8. The lowest BCUT2D eigenvalue weighted by molar-refractivity contribution is -0.115. The lowest BCUT2D eigenvalue weighted by atomic mass is 10.1. The third-order valence-electron chi connectivity index (χ3n) is 5.82. The van der Waals surface area contributed by atoms with Crippen molar-refractivity contribution in [1.29, 1.82) is 0 Å². The highest BCUT2D eigenvalue weighted by molar-refractivity contribution is 7.13. The van der Waals surface area contributed by atoms with Crippen molar-refractivity contribution in [2.45, 2.75) is 25.4 Å². The second-order valence-corrected chi connectivity index (χ2v) is 9.82. The van der Waals surface area contributed by atoms with Gasteiger partial charge in [0.25, 0.3) is 0 Å². The molecule has 0 aliphatic heterocycles.